The molecule has 2 aliphatic carbocycles. The zero-order chi connectivity index (χ0) is 23.0. The van der Waals surface area contributed by atoms with Gasteiger partial charge in [-0.3, -0.25) is 0 Å². The number of carbonyl (C=O) groups excluding carboxylic acids is 1. The Morgan fingerprint density at radius 2 is 1.75 bits per heavy atom. The molecule has 32 heavy (non-hydrogen) atoms. The molecule has 4 atom stereocenters. The van der Waals surface area contributed by atoms with E-state index in [0.717, 1.165) is 51.4 Å². The first-order valence-corrected chi connectivity index (χ1v) is 12.3. The molecule has 0 radical (unpaired) electrons. The molecule has 0 aromatic carbocycles. The summed E-state index contributed by atoms with van der Waals surface area (Å²) in [5, 5.41) is 21.4. The van der Waals surface area contributed by atoms with Gasteiger partial charge < -0.3 is 33.9 Å². The van der Waals surface area contributed by atoms with Crippen molar-refractivity contribution in [3.63, 3.8) is 0 Å². The van der Waals surface area contributed by atoms with Gasteiger partial charge in [0.1, 0.15) is 6.10 Å². The van der Waals surface area contributed by atoms with Crippen LogP contribution in [0.25, 0.3) is 0 Å². The van der Waals surface area contributed by atoms with Gasteiger partial charge in [0, 0.05) is 31.8 Å². The number of hydrogen-bond acceptors (Lipinski definition) is 8. The highest BCUT2D eigenvalue weighted by Gasteiger charge is 2.51. The molecule has 184 valence electrons. The van der Waals surface area contributed by atoms with Crippen LogP contribution in [0.1, 0.15) is 84.5 Å². The summed E-state index contributed by atoms with van der Waals surface area (Å²) in [7, 11) is 0. The zero-order valence-electron chi connectivity index (χ0n) is 19.5. The molecule has 3 aliphatic rings. The van der Waals surface area contributed by atoms with Crippen LogP contribution in [0.4, 0.5) is 0 Å². The Kier molecular flexibility index (Phi) is 9.52. The largest absolute Gasteiger partial charge is 0.463 e. The van der Waals surface area contributed by atoms with Crippen LogP contribution in [0.5, 0.6) is 0 Å². The Labute approximate surface area is 191 Å². The van der Waals surface area contributed by atoms with E-state index in [-0.39, 0.29) is 6.61 Å². The SMILES string of the molecule is CCOC(=O)/C=C/[C@H](C)O[C@@H]1OC2(CCCCC2)O[C@@H]1[C@@H](O)CCOC1(O)CCCCC1. The molecule has 8 heteroatoms. The number of aliphatic hydroxyl groups excluding tert-OH is 1. The van der Waals surface area contributed by atoms with E-state index >= 15 is 0 Å². The molecule has 0 bridgehead atoms. The lowest BCUT2D eigenvalue weighted by molar-refractivity contribution is -0.230. The molecule has 1 aliphatic heterocycles. The standard InChI is InChI=1S/C24H40O8/c1-3-28-20(26)11-10-18(2)30-22-21(31-24(32-22)15-8-5-9-16-24)19(25)12-17-29-23(27)13-6-4-7-14-23/h10-11,18-19,21-22,25,27H,3-9,12-17H2,1-2H3/b11-10+/t18-,19-,21+,22+/m0/s1. The van der Waals surface area contributed by atoms with Gasteiger partial charge in [-0.1, -0.05) is 12.8 Å². The second-order valence-electron chi connectivity index (χ2n) is 9.20. The Hall–Kier alpha value is -1.03. The summed E-state index contributed by atoms with van der Waals surface area (Å²) in [6.45, 7) is 4.10. The summed E-state index contributed by atoms with van der Waals surface area (Å²) in [6.07, 6.45) is 9.48. The molecule has 0 aromatic heterocycles. The highest BCUT2D eigenvalue weighted by Crippen LogP contribution is 2.42. The quantitative estimate of drug-likeness (QED) is 0.293. The van der Waals surface area contributed by atoms with Gasteiger partial charge in [-0.15, -0.1) is 0 Å². The van der Waals surface area contributed by atoms with E-state index in [9.17, 15) is 15.0 Å². The van der Waals surface area contributed by atoms with Gasteiger partial charge in [0.25, 0.3) is 0 Å². The van der Waals surface area contributed by atoms with Crippen molar-refractivity contribution < 1.29 is 38.7 Å². The molecule has 2 N–H and O–H groups in total. The van der Waals surface area contributed by atoms with E-state index in [2.05, 4.69) is 0 Å². The third kappa shape index (κ3) is 7.23. The molecule has 0 aromatic rings. The topological polar surface area (TPSA) is 104 Å². The van der Waals surface area contributed by atoms with Gasteiger partial charge in [-0.2, -0.15) is 0 Å². The van der Waals surface area contributed by atoms with Crippen molar-refractivity contribution in [2.75, 3.05) is 13.2 Å². The monoisotopic (exact) mass is 456 g/mol. The lowest BCUT2D eigenvalue weighted by Gasteiger charge is -2.33. The van der Waals surface area contributed by atoms with Crippen molar-refractivity contribution in [3.8, 4) is 0 Å². The van der Waals surface area contributed by atoms with E-state index in [1.165, 1.54) is 6.08 Å². The molecule has 2 saturated carbocycles. The summed E-state index contributed by atoms with van der Waals surface area (Å²) in [6, 6.07) is 0. The second kappa shape index (κ2) is 11.9. The number of esters is 1. The fourth-order valence-corrected chi connectivity index (χ4v) is 4.75. The summed E-state index contributed by atoms with van der Waals surface area (Å²) in [4.78, 5) is 11.6. The van der Waals surface area contributed by atoms with Gasteiger partial charge in [0.05, 0.1) is 25.4 Å². The van der Waals surface area contributed by atoms with Crippen LogP contribution >= 0.6 is 0 Å². The molecule has 1 spiro atoms. The maximum absolute atomic E-state index is 11.6. The average Bonchev–Trinajstić information content (AvgIpc) is 3.10. The van der Waals surface area contributed by atoms with Crippen molar-refractivity contribution in [1.82, 2.24) is 0 Å². The van der Waals surface area contributed by atoms with Gasteiger partial charge >= 0.3 is 5.97 Å². The van der Waals surface area contributed by atoms with E-state index < -0.39 is 42.1 Å². The maximum atomic E-state index is 11.6. The molecular formula is C24H40O8. The van der Waals surface area contributed by atoms with Crippen molar-refractivity contribution in [2.45, 2.75) is 121 Å². The highest BCUT2D eigenvalue weighted by atomic mass is 16.8. The minimum absolute atomic E-state index is 0.232. The van der Waals surface area contributed by atoms with Crippen LogP contribution in [0, 0.1) is 0 Å². The molecule has 3 fully saturated rings. The first-order chi connectivity index (χ1) is 15.3. The van der Waals surface area contributed by atoms with Crippen LogP contribution in [0.15, 0.2) is 12.2 Å². The van der Waals surface area contributed by atoms with E-state index in [0.29, 0.717) is 25.9 Å². The molecule has 0 unspecified atom stereocenters. The van der Waals surface area contributed by atoms with Gasteiger partial charge in [-0.25, -0.2) is 4.79 Å². The van der Waals surface area contributed by atoms with Gasteiger partial charge in [0.15, 0.2) is 17.9 Å². The molecule has 1 heterocycles. The highest BCUT2D eigenvalue weighted by molar-refractivity contribution is 5.81. The van der Waals surface area contributed by atoms with Crippen molar-refractivity contribution in [1.29, 1.82) is 0 Å². The number of carbonyl (C=O) groups is 1. The summed E-state index contributed by atoms with van der Waals surface area (Å²) in [5.74, 6) is -2.25. The van der Waals surface area contributed by atoms with Crippen molar-refractivity contribution in [3.05, 3.63) is 12.2 Å². The molecule has 0 amide bonds. The molecule has 3 rings (SSSR count). The summed E-state index contributed by atoms with van der Waals surface area (Å²) < 4.78 is 29.2. The maximum Gasteiger partial charge on any atom is 0.330 e. The third-order valence-electron chi connectivity index (χ3n) is 6.50. The summed E-state index contributed by atoms with van der Waals surface area (Å²) >= 11 is 0. The zero-order valence-corrected chi connectivity index (χ0v) is 19.5. The second-order valence-corrected chi connectivity index (χ2v) is 9.20. The van der Waals surface area contributed by atoms with Crippen LogP contribution < -0.4 is 0 Å². The van der Waals surface area contributed by atoms with Crippen LogP contribution in [0.3, 0.4) is 0 Å². The molecular weight excluding hydrogens is 416 g/mol. The Balaban J connectivity index is 1.57. The average molecular weight is 457 g/mol. The lowest BCUT2D eigenvalue weighted by atomic mass is 9.94. The summed E-state index contributed by atoms with van der Waals surface area (Å²) in [5.41, 5.74) is 0. The van der Waals surface area contributed by atoms with Crippen molar-refractivity contribution in [2.24, 2.45) is 0 Å². The van der Waals surface area contributed by atoms with Gasteiger partial charge in [0.2, 0.25) is 0 Å². The third-order valence-corrected chi connectivity index (χ3v) is 6.50. The number of rotatable bonds is 10. The van der Waals surface area contributed by atoms with Gasteiger partial charge in [-0.05, 0) is 52.0 Å². The van der Waals surface area contributed by atoms with E-state index in [1.54, 1.807) is 19.9 Å². The first-order valence-electron chi connectivity index (χ1n) is 12.3. The number of ether oxygens (including phenoxy) is 5. The number of hydrogen-bond donors (Lipinski definition) is 2. The lowest BCUT2D eigenvalue weighted by Crippen LogP contribution is -2.40. The van der Waals surface area contributed by atoms with Crippen LogP contribution in [-0.4, -0.2) is 65.6 Å². The molecule has 8 nitrogen and oxygen atoms in total. The normalized spacial score (nSPS) is 29.2. The van der Waals surface area contributed by atoms with Crippen LogP contribution in [-0.2, 0) is 28.5 Å². The molecule has 1 saturated heterocycles. The predicted molar refractivity (Wildman–Crippen MR) is 116 cm³/mol. The minimum Gasteiger partial charge on any atom is -0.463 e. The predicted octanol–water partition coefficient (Wildman–Crippen LogP) is 3.33. The Bertz CT molecular complexity index is 609. The van der Waals surface area contributed by atoms with E-state index in [1.807, 2.05) is 0 Å². The Morgan fingerprint density at radius 3 is 2.41 bits per heavy atom. The minimum atomic E-state index is -1.09. The smallest absolute Gasteiger partial charge is 0.330 e. The van der Waals surface area contributed by atoms with E-state index in [4.69, 9.17) is 23.7 Å². The van der Waals surface area contributed by atoms with Crippen molar-refractivity contribution >= 4 is 5.97 Å². The fourth-order valence-electron chi connectivity index (χ4n) is 4.75. The number of aliphatic hydroxyl groups is 2. The van der Waals surface area contributed by atoms with Crippen LogP contribution in [0.2, 0.25) is 0 Å². The first kappa shape index (κ1) is 25.6. The Morgan fingerprint density at radius 1 is 1.09 bits per heavy atom. The fraction of sp³-hybridized carbons (Fsp3) is 0.875.